The van der Waals surface area contributed by atoms with Crippen molar-refractivity contribution in [2.24, 2.45) is 5.92 Å². The Labute approximate surface area is 186 Å². The zero-order valence-electron chi connectivity index (χ0n) is 18.6. The van der Waals surface area contributed by atoms with E-state index < -0.39 is 18.2 Å². The molecule has 1 saturated heterocycles. The number of nitrogens with zero attached hydrogens (tertiary/aromatic N) is 1. The third-order valence-corrected chi connectivity index (χ3v) is 5.08. The molecule has 170 valence electrons. The highest BCUT2D eigenvalue weighted by Crippen LogP contribution is 2.34. The molecule has 0 spiro atoms. The SMILES string of the molecule is CC(C)NC(=O)C1C(c2ccc(NC(=O)C(C)C)cc2)OC(=O)N1Cc1ccc(F)cc1. The topological polar surface area (TPSA) is 87.7 Å². The number of benzene rings is 2. The summed E-state index contributed by atoms with van der Waals surface area (Å²) in [4.78, 5) is 39.0. The smallest absolute Gasteiger partial charge is 0.411 e. The first-order chi connectivity index (χ1) is 15.2. The molecule has 0 aliphatic carbocycles. The third-order valence-electron chi connectivity index (χ3n) is 5.08. The Balaban J connectivity index is 1.86. The van der Waals surface area contributed by atoms with E-state index in [1.165, 1.54) is 17.0 Å². The number of rotatable bonds is 7. The van der Waals surface area contributed by atoms with Crippen LogP contribution in [0.3, 0.4) is 0 Å². The van der Waals surface area contributed by atoms with E-state index in [0.29, 0.717) is 16.8 Å². The number of amides is 3. The number of ether oxygens (including phenoxy) is 1. The highest BCUT2D eigenvalue weighted by molar-refractivity contribution is 5.92. The molecule has 0 saturated carbocycles. The van der Waals surface area contributed by atoms with Crippen LogP contribution in [0.4, 0.5) is 14.9 Å². The van der Waals surface area contributed by atoms with E-state index in [4.69, 9.17) is 4.74 Å². The fourth-order valence-corrected chi connectivity index (χ4v) is 3.41. The van der Waals surface area contributed by atoms with Gasteiger partial charge in [0, 0.05) is 17.6 Å². The van der Waals surface area contributed by atoms with Crippen molar-refractivity contribution in [1.29, 1.82) is 0 Å². The Bertz CT molecular complexity index is 974. The lowest BCUT2D eigenvalue weighted by molar-refractivity contribution is -0.126. The largest absolute Gasteiger partial charge is 0.438 e. The van der Waals surface area contributed by atoms with Crippen LogP contribution in [0.25, 0.3) is 0 Å². The molecule has 2 unspecified atom stereocenters. The summed E-state index contributed by atoms with van der Waals surface area (Å²) in [6.07, 6.45) is -1.45. The molecule has 2 aromatic rings. The van der Waals surface area contributed by atoms with E-state index in [1.807, 2.05) is 13.8 Å². The van der Waals surface area contributed by atoms with E-state index in [2.05, 4.69) is 10.6 Å². The van der Waals surface area contributed by atoms with Gasteiger partial charge < -0.3 is 15.4 Å². The summed E-state index contributed by atoms with van der Waals surface area (Å²) in [5, 5.41) is 5.66. The highest BCUT2D eigenvalue weighted by atomic mass is 19.1. The number of carbonyl (C=O) groups excluding carboxylic acids is 3. The molecule has 1 aliphatic heterocycles. The molecule has 2 aromatic carbocycles. The summed E-state index contributed by atoms with van der Waals surface area (Å²) in [6.45, 7) is 7.38. The van der Waals surface area contributed by atoms with Gasteiger partial charge in [-0.3, -0.25) is 14.5 Å². The Morgan fingerprint density at radius 3 is 2.22 bits per heavy atom. The molecule has 1 aliphatic rings. The predicted molar refractivity (Wildman–Crippen MR) is 118 cm³/mol. The normalized spacial score (nSPS) is 18.1. The quantitative estimate of drug-likeness (QED) is 0.680. The molecule has 8 heteroatoms. The van der Waals surface area contributed by atoms with Crippen molar-refractivity contribution in [3.05, 3.63) is 65.5 Å². The Hall–Kier alpha value is -3.42. The number of anilines is 1. The van der Waals surface area contributed by atoms with E-state index in [0.717, 1.165) is 0 Å². The van der Waals surface area contributed by atoms with Gasteiger partial charge in [0.15, 0.2) is 12.1 Å². The summed E-state index contributed by atoms with van der Waals surface area (Å²) in [7, 11) is 0. The fourth-order valence-electron chi connectivity index (χ4n) is 3.41. The first kappa shape index (κ1) is 23.2. The number of nitrogens with one attached hydrogen (secondary N) is 2. The van der Waals surface area contributed by atoms with Gasteiger partial charge in [-0.25, -0.2) is 9.18 Å². The molecular formula is C24H28FN3O4. The van der Waals surface area contributed by atoms with Crippen molar-refractivity contribution < 1.29 is 23.5 Å². The van der Waals surface area contributed by atoms with Crippen LogP contribution in [0.5, 0.6) is 0 Å². The molecule has 1 heterocycles. The molecular weight excluding hydrogens is 413 g/mol. The van der Waals surface area contributed by atoms with Crippen LogP contribution < -0.4 is 10.6 Å². The van der Waals surface area contributed by atoms with Crippen molar-refractivity contribution in [3.63, 3.8) is 0 Å². The maximum absolute atomic E-state index is 13.3. The van der Waals surface area contributed by atoms with Crippen LogP contribution in [0.15, 0.2) is 48.5 Å². The van der Waals surface area contributed by atoms with E-state index >= 15 is 0 Å². The summed E-state index contributed by atoms with van der Waals surface area (Å²) < 4.78 is 18.9. The van der Waals surface area contributed by atoms with Crippen LogP contribution in [-0.4, -0.2) is 34.9 Å². The van der Waals surface area contributed by atoms with Gasteiger partial charge in [-0.1, -0.05) is 38.1 Å². The summed E-state index contributed by atoms with van der Waals surface area (Å²) in [5.41, 5.74) is 1.92. The Morgan fingerprint density at radius 1 is 1.03 bits per heavy atom. The maximum atomic E-state index is 13.3. The molecule has 2 N–H and O–H groups in total. The molecule has 0 bridgehead atoms. The minimum atomic E-state index is -0.897. The van der Waals surface area contributed by atoms with Crippen LogP contribution in [0.1, 0.15) is 44.9 Å². The van der Waals surface area contributed by atoms with Gasteiger partial charge in [0.1, 0.15) is 5.82 Å². The number of cyclic esters (lactones) is 1. The lowest BCUT2D eigenvalue weighted by atomic mass is 10.00. The first-order valence-corrected chi connectivity index (χ1v) is 10.6. The van der Waals surface area contributed by atoms with Gasteiger partial charge in [-0.2, -0.15) is 0 Å². The van der Waals surface area contributed by atoms with E-state index in [9.17, 15) is 18.8 Å². The van der Waals surface area contributed by atoms with Gasteiger partial charge in [0.25, 0.3) is 0 Å². The summed E-state index contributed by atoms with van der Waals surface area (Å²) in [5.74, 6) is -0.983. The average molecular weight is 442 g/mol. The maximum Gasteiger partial charge on any atom is 0.411 e. The number of hydrogen-bond acceptors (Lipinski definition) is 4. The van der Waals surface area contributed by atoms with Crippen molar-refractivity contribution in [1.82, 2.24) is 10.2 Å². The highest BCUT2D eigenvalue weighted by Gasteiger charge is 2.47. The number of carbonyl (C=O) groups is 3. The minimum absolute atomic E-state index is 0.105. The van der Waals surface area contributed by atoms with Gasteiger partial charge in [0.2, 0.25) is 11.8 Å². The van der Waals surface area contributed by atoms with Crippen molar-refractivity contribution in [2.75, 3.05) is 5.32 Å². The van der Waals surface area contributed by atoms with Gasteiger partial charge in [0.05, 0.1) is 6.54 Å². The van der Waals surface area contributed by atoms with Gasteiger partial charge in [-0.05, 0) is 49.2 Å². The van der Waals surface area contributed by atoms with Crippen LogP contribution in [-0.2, 0) is 20.9 Å². The first-order valence-electron chi connectivity index (χ1n) is 10.6. The molecule has 1 fully saturated rings. The predicted octanol–water partition coefficient (Wildman–Crippen LogP) is 4.01. The van der Waals surface area contributed by atoms with Gasteiger partial charge >= 0.3 is 6.09 Å². The van der Waals surface area contributed by atoms with Crippen LogP contribution in [0, 0.1) is 11.7 Å². The Kier molecular flexibility index (Phi) is 7.12. The number of halogens is 1. The average Bonchev–Trinajstić information content (AvgIpc) is 3.06. The van der Waals surface area contributed by atoms with Crippen molar-refractivity contribution >= 4 is 23.6 Å². The second-order valence-electron chi connectivity index (χ2n) is 8.43. The molecule has 0 radical (unpaired) electrons. The zero-order valence-corrected chi connectivity index (χ0v) is 18.6. The monoisotopic (exact) mass is 441 g/mol. The molecule has 3 rings (SSSR count). The summed E-state index contributed by atoms with van der Waals surface area (Å²) in [6, 6.07) is 11.6. The Morgan fingerprint density at radius 2 is 1.66 bits per heavy atom. The lowest BCUT2D eigenvalue weighted by Gasteiger charge is -2.25. The third kappa shape index (κ3) is 5.43. The molecule has 0 aromatic heterocycles. The summed E-state index contributed by atoms with van der Waals surface area (Å²) >= 11 is 0. The molecule has 7 nitrogen and oxygen atoms in total. The number of hydrogen-bond donors (Lipinski definition) is 2. The standard InChI is InChI=1S/C24H28FN3O4/c1-14(2)22(29)27-19-11-7-17(8-12-19)21-20(23(30)26-15(3)4)28(24(31)32-21)13-16-5-9-18(25)10-6-16/h5-12,14-15,20-21H,13H2,1-4H3,(H,26,30)(H,27,29). The van der Waals surface area contributed by atoms with E-state index in [1.54, 1.807) is 50.2 Å². The second kappa shape index (κ2) is 9.80. The molecule has 3 amide bonds. The van der Waals surface area contributed by atoms with Crippen LogP contribution in [0.2, 0.25) is 0 Å². The lowest BCUT2D eigenvalue weighted by Crippen LogP contribution is -2.48. The van der Waals surface area contributed by atoms with Crippen molar-refractivity contribution in [3.8, 4) is 0 Å². The molecule has 32 heavy (non-hydrogen) atoms. The van der Waals surface area contributed by atoms with Crippen molar-refractivity contribution in [2.45, 2.75) is 52.4 Å². The van der Waals surface area contributed by atoms with Crippen LogP contribution >= 0.6 is 0 Å². The van der Waals surface area contributed by atoms with Gasteiger partial charge in [-0.15, -0.1) is 0 Å². The fraction of sp³-hybridized carbons (Fsp3) is 0.375. The van der Waals surface area contributed by atoms with E-state index in [-0.39, 0.29) is 36.1 Å². The zero-order chi connectivity index (χ0) is 23.4. The second-order valence-corrected chi connectivity index (χ2v) is 8.43. The molecule has 2 atom stereocenters. The minimum Gasteiger partial charge on any atom is -0.438 e.